The van der Waals surface area contributed by atoms with Gasteiger partial charge in [-0.25, -0.2) is 8.42 Å². The Morgan fingerprint density at radius 1 is 1.67 bits per heavy atom. The van der Waals surface area contributed by atoms with Gasteiger partial charge in [-0.15, -0.1) is 0 Å². The molecule has 5 nitrogen and oxygen atoms in total. The Bertz CT molecular complexity index is 306. The number of aliphatic hydroxyl groups is 1. The average molecular weight is 190 g/mol. The summed E-state index contributed by atoms with van der Waals surface area (Å²) in [5.74, 6) is -0.511. The lowest BCUT2D eigenvalue weighted by molar-refractivity contribution is -0.0424. The summed E-state index contributed by atoms with van der Waals surface area (Å²) < 4.78 is 23.3. The highest BCUT2D eigenvalue weighted by atomic mass is 32.2. The van der Waals surface area contributed by atoms with E-state index in [0.717, 1.165) is 4.31 Å². The summed E-state index contributed by atoms with van der Waals surface area (Å²) >= 11 is 0. The van der Waals surface area contributed by atoms with Crippen LogP contribution in [0.25, 0.3) is 0 Å². The summed E-state index contributed by atoms with van der Waals surface area (Å²) in [6.45, 7) is 1.75. The predicted molar refractivity (Wildman–Crippen MR) is 41.6 cm³/mol. The standard InChI is InChI=1S/C6H10N2O3S/c1-6(9)4-8(5-6)12(10,11)3-2-7/h9H,3-5H2,1H3. The summed E-state index contributed by atoms with van der Waals surface area (Å²) in [7, 11) is -3.43. The van der Waals surface area contributed by atoms with Crippen molar-refractivity contribution in [2.24, 2.45) is 0 Å². The van der Waals surface area contributed by atoms with Gasteiger partial charge < -0.3 is 5.11 Å². The number of rotatable bonds is 2. The number of sulfonamides is 1. The van der Waals surface area contributed by atoms with Gasteiger partial charge >= 0.3 is 0 Å². The minimum atomic E-state index is -3.43. The van der Waals surface area contributed by atoms with Crippen molar-refractivity contribution in [3.8, 4) is 6.07 Å². The van der Waals surface area contributed by atoms with Crippen molar-refractivity contribution >= 4 is 10.0 Å². The fourth-order valence-corrected chi connectivity index (χ4v) is 2.38. The van der Waals surface area contributed by atoms with Crippen molar-refractivity contribution in [2.45, 2.75) is 12.5 Å². The van der Waals surface area contributed by atoms with E-state index in [0.29, 0.717) is 0 Å². The van der Waals surface area contributed by atoms with Gasteiger partial charge in [-0.1, -0.05) is 0 Å². The molecule has 0 spiro atoms. The van der Waals surface area contributed by atoms with Gasteiger partial charge in [0.2, 0.25) is 10.0 Å². The van der Waals surface area contributed by atoms with E-state index >= 15 is 0 Å². The molecule has 6 heteroatoms. The number of hydrogen-bond donors (Lipinski definition) is 1. The Labute approximate surface area is 71.3 Å². The zero-order valence-electron chi connectivity index (χ0n) is 6.69. The second-order valence-corrected chi connectivity index (χ2v) is 5.15. The Morgan fingerprint density at radius 3 is 2.50 bits per heavy atom. The largest absolute Gasteiger partial charge is 0.387 e. The molecular formula is C6H10N2O3S. The van der Waals surface area contributed by atoms with Crippen LogP contribution in [0.15, 0.2) is 0 Å². The first-order valence-electron chi connectivity index (χ1n) is 3.44. The predicted octanol–water partition coefficient (Wildman–Crippen LogP) is -1.09. The molecule has 1 aliphatic rings. The van der Waals surface area contributed by atoms with Gasteiger partial charge in [0.05, 0.1) is 11.7 Å². The molecule has 0 aliphatic carbocycles. The zero-order chi connectivity index (χ0) is 9.41. The average Bonchev–Trinajstić information content (AvgIpc) is 1.82. The van der Waals surface area contributed by atoms with E-state index in [1.165, 1.54) is 0 Å². The van der Waals surface area contributed by atoms with Crippen LogP contribution in [0, 0.1) is 11.3 Å². The normalized spacial score (nSPS) is 22.8. The lowest BCUT2D eigenvalue weighted by atomic mass is 10.0. The Morgan fingerprint density at radius 2 is 2.17 bits per heavy atom. The smallest absolute Gasteiger partial charge is 0.227 e. The highest BCUT2D eigenvalue weighted by Gasteiger charge is 2.42. The van der Waals surface area contributed by atoms with E-state index < -0.39 is 21.4 Å². The van der Waals surface area contributed by atoms with Crippen molar-refractivity contribution in [1.82, 2.24) is 4.31 Å². The number of hydrogen-bond acceptors (Lipinski definition) is 4. The molecule has 0 atom stereocenters. The summed E-state index contributed by atoms with van der Waals surface area (Å²) in [5.41, 5.74) is -0.914. The van der Waals surface area contributed by atoms with Crippen molar-refractivity contribution in [3.63, 3.8) is 0 Å². The first-order chi connectivity index (χ1) is 5.37. The van der Waals surface area contributed by atoms with Crippen LogP contribution < -0.4 is 0 Å². The maximum atomic E-state index is 11.1. The van der Waals surface area contributed by atoms with Gasteiger partial charge in [0.25, 0.3) is 0 Å². The van der Waals surface area contributed by atoms with Crippen molar-refractivity contribution in [1.29, 1.82) is 5.26 Å². The Kier molecular flexibility index (Phi) is 2.12. The molecule has 0 aromatic rings. The first-order valence-corrected chi connectivity index (χ1v) is 5.05. The van der Waals surface area contributed by atoms with Gasteiger partial charge in [-0.3, -0.25) is 0 Å². The first kappa shape index (κ1) is 9.45. The summed E-state index contributed by atoms with van der Waals surface area (Å²) in [4.78, 5) is 0. The SMILES string of the molecule is CC1(O)CN(S(=O)(=O)CC#N)C1. The molecule has 0 aromatic heterocycles. The molecule has 0 aromatic carbocycles. The van der Waals surface area contributed by atoms with Crippen LogP contribution in [0.2, 0.25) is 0 Å². The minimum absolute atomic E-state index is 0.0943. The van der Waals surface area contributed by atoms with Crippen LogP contribution >= 0.6 is 0 Å². The minimum Gasteiger partial charge on any atom is -0.387 e. The maximum absolute atomic E-state index is 11.1. The molecule has 1 saturated heterocycles. The van der Waals surface area contributed by atoms with E-state index in [-0.39, 0.29) is 13.1 Å². The second-order valence-electron chi connectivity index (χ2n) is 3.18. The third-order valence-electron chi connectivity index (χ3n) is 1.67. The van der Waals surface area contributed by atoms with E-state index in [2.05, 4.69) is 0 Å². The van der Waals surface area contributed by atoms with Crippen LogP contribution in [0.5, 0.6) is 0 Å². The van der Waals surface area contributed by atoms with E-state index in [1.54, 1.807) is 13.0 Å². The molecule has 68 valence electrons. The summed E-state index contributed by atoms with van der Waals surface area (Å²) in [5, 5.41) is 17.4. The maximum Gasteiger partial charge on any atom is 0.227 e. The number of nitrogens with zero attached hydrogens (tertiary/aromatic N) is 2. The van der Waals surface area contributed by atoms with E-state index in [9.17, 15) is 13.5 Å². The van der Waals surface area contributed by atoms with Crippen LogP contribution in [0.3, 0.4) is 0 Å². The monoisotopic (exact) mass is 190 g/mol. The fourth-order valence-electron chi connectivity index (χ4n) is 1.08. The molecule has 0 bridgehead atoms. The third-order valence-corrected chi connectivity index (χ3v) is 3.21. The van der Waals surface area contributed by atoms with Crippen molar-refractivity contribution < 1.29 is 13.5 Å². The van der Waals surface area contributed by atoms with Crippen LogP contribution in [0.4, 0.5) is 0 Å². The van der Waals surface area contributed by atoms with Gasteiger partial charge in [-0.05, 0) is 6.92 Å². The molecule has 1 aliphatic heterocycles. The molecule has 0 unspecified atom stereocenters. The molecule has 1 heterocycles. The fraction of sp³-hybridized carbons (Fsp3) is 0.833. The molecular weight excluding hydrogens is 180 g/mol. The van der Waals surface area contributed by atoms with Gasteiger partial charge in [0.1, 0.15) is 0 Å². The summed E-state index contributed by atoms with van der Waals surface area (Å²) in [6, 6.07) is 1.57. The Hall–Kier alpha value is -0.640. The molecule has 0 radical (unpaired) electrons. The molecule has 0 saturated carbocycles. The van der Waals surface area contributed by atoms with Gasteiger partial charge in [0, 0.05) is 13.1 Å². The Balaban J connectivity index is 2.60. The van der Waals surface area contributed by atoms with E-state index in [4.69, 9.17) is 5.26 Å². The highest BCUT2D eigenvalue weighted by molar-refractivity contribution is 7.89. The van der Waals surface area contributed by atoms with Gasteiger partial charge in [0.15, 0.2) is 5.75 Å². The molecule has 1 rings (SSSR count). The highest BCUT2D eigenvalue weighted by Crippen LogP contribution is 2.22. The molecule has 0 amide bonds. The van der Waals surface area contributed by atoms with Crippen molar-refractivity contribution in [3.05, 3.63) is 0 Å². The van der Waals surface area contributed by atoms with Crippen LogP contribution in [-0.2, 0) is 10.0 Å². The lowest BCUT2D eigenvalue weighted by Gasteiger charge is -2.42. The van der Waals surface area contributed by atoms with Crippen LogP contribution in [0.1, 0.15) is 6.92 Å². The lowest BCUT2D eigenvalue weighted by Crippen LogP contribution is -2.61. The zero-order valence-corrected chi connectivity index (χ0v) is 7.50. The molecule has 1 N–H and O–H groups in total. The molecule has 12 heavy (non-hydrogen) atoms. The third kappa shape index (κ3) is 1.75. The van der Waals surface area contributed by atoms with Crippen LogP contribution in [-0.4, -0.2) is 42.3 Å². The molecule has 1 fully saturated rings. The van der Waals surface area contributed by atoms with E-state index in [1.807, 2.05) is 0 Å². The topological polar surface area (TPSA) is 81.4 Å². The number of β-amino-alcohol motifs (C(OH)–C–C–N with tert-alkyl or cyclic N) is 1. The van der Waals surface area contributed by atoms with Gasteiger partial charge in [-0.2, -0.15) is 9.57 Å². The summed E-state index contributed by atoms with van der Waals surface area (Å²) in [6.07, 6.45) is 0. The number of nitriles is 1. The van der Waals surface area contributed by atoms with Crippen molar-refractivity contribution in [2.75, 3.05) is 18.8 Å². The quantitative estimate of drug-likeness (QED) is 0.599. The second kappa shape index (κ2) is 2.69.